The molecule has 4 nitrogen and oxygen atoms in total. The Hall–Kier alpha value is -0.590. The fraction of sp³-hybridized carbons (Fsp3) is 0.600. The summed E-state index contributed by atoms with van der Waals surface area (Å²) >= 11 is 2.30. The van der Waals surface area contributed by atoms with Crippen molar-refractivity contribution in [2.75, 3.05) is 31.4 Å². The summed E-state index contributed by atoms with van der Waals surface area (Å²) < 4.78 is 1.13. The fourth-order valence-electron chi connectivity index (χ4n) is 1.25. The lowest BCUT2D eigenvalue weighted by atomic mass is 10.2. The Morgan fingerprint density at radius 2 is 2.00 bits per heavy atom. The second-order valence-electron chi connectivity index (χ2n) is 3.53. The van der Waals surface area contributed by atoms with Crippen molar-refractivity contribution in [3.63, 3.8) is 0 Å². The summed E-state index contributed by atoms with van der Waals surface area (Å²) in [6, 6.07) is 0. The van der Waals surface area contributed by atoms with Crippen LogP contribution in [0.4, 0.5) is 11.8 Å². The molecule has 0 saturated carbocycles. The number of halogens is 1. The third-order valence-corrected chi connectivity index (χ3v) is 3.17. The van der Waals surface area contributed by atoms with E-state index in [1.165, 1.54) is 0 Å². The predicted molar refractivity (Wildman–Crippen MR) is 72.6 cm³/mol. The van der Waals surface area contributed by atoms with Gasteiger partial charge in [0.25, 0.3) is 0 Å². The van der Waals surface area contributed by atoms with Gasteiger partial charge in [-0.3, -0.25) is 0 Å². The molecule has 1 rings (SSSR count). The Labute approximate surface area is 105 Å². The second kappa shape index (κ2) is 5.48. The molecule has 0 amide bonds. The van der Waals surface area contributed by atoms with Crippen molar-refractivity contribution in [1.29, 1.82) is 0 Å². The number of nitrogens with zero attached hydrogens (tertiary/aromatic N) is 3. The standard InChI is InChI=1S/C10H17IN4/c1-5-6-7-8(11)9(12-2)14-10(13-7)15(3)4/h5-6H2,1-4H3,(H,12,13,14). The van der Waals surface area contributed by atoms with E-state index >= 15 is 0 Å². The minimum atomic E-state index is 0.767. The van der Waals surface area contributed by atoms with Gasteiger partial charge in [0, 0.05) is 21.1 Å². The van der Waals surface area contributed by atoms with Gasteiger partial charge in [-0.25, -0.2) is 4.98 Å². The molecule has 0 saturated heterocycles. The molecule has 0 spiro atoms. The number of hydrogen-bond acceptors (Lipinski definition) is 4. The maximum Gasteiger partial charge on any atom is 0.227 e. The first-order valence-corrected chi connectivity index (χ1v) is 6.09. The first-order valence-electron chi connectivity index (χ1n) is 5.01. The summed E-state index contributed by atoms with van der Waals surface area (Å²) in [6.45, 7) is 2.16. The average Bonchev–Trinajstić information content (AvgIpc) is 2.21. The lowest BCUT2D eigenvalue weighted by Gasteiger charge is -2.15. The van der Waals surface area contributed by atoms with E-state index in [1.807, 2.05) is 26.0 Å². The normalized spacial score (nSPS) is 10.2. The molecule has 0 aromatic carbocycles. The van der Waals surface area contributed by atoms with Gasteiger partial charge in [0.05, 0.1) is 9.26 Å². The Bertz CT molecular complexity index is 338. The van der Waals surface area contributed by atoms with Crippen LogP contribution in [0.5, 0.6) is 0 Å². The van der Waals surface area contributed by atoms with Crippen molar-refractivity contribution in [1.82, 2.24) is 9.97 Å². The third kappa shape index (κ3) is 2.93. The first-order chi connectivity index (χ1) is 7.10. The quantitative estimate of drug-likeness (QED) is 0.863. The average molecular weight is 320 g/mol. The van der Waals surface area contributed by atoms with E-state index in [-0.39, 0.29) is 0 Å². The van der Waals surface area contributed by atoms with Crippen LogP contribution in [0.3, 0.4) is 0 Å². The van der Waals surface area contributed by atoms with E-state index in [0.717, 1.165) is 33.9 Å². The molecule has 1 N–H and O–H groups in total. The van der Waals surface area contributed by atoms with Crippen LogP contribution in [0.15, 0.2) is 0 Å². The van der Waals surface area contributed by atoms with Gasteiger partial charge in [-0.15, -0.1) is 0 Å². The minimum Gasteiger partial charge on any atom is -0.372 e. The van der Waals surface area contributed by atoms with Gasteiger partial charge in [-0.1, -0.05) is 13.3 Å². The summed E-state index contributed by atoms with van der Waals surface area (Å²) in [6.07, 6.45) is 2.10. The van der Waals surface area contributed by atoms with Gasteiger partial charge in [-0.2, -0.15) is 4.98 Å². The Morgan fingerprint density at radius 3 is 2.47 bits per heavy atom. The zero-order chi connectivity index (χ0) is 11.4. The van der Waals surface area contributed by atoms with Crippen molar-refractivity contribution in [3.8, 4) is 0 Å². The van der Waals surface area contributed by atoms with Crippen LogP contribution in [0.25, 0.3) is 0 Å². The molecule has 0 fully saturated rings. The molecule has 84 valence electrons. The Balaban J connectivity index is 3.19. The molecule has 0 atom stereocenters. The van der Waals surface area contributed by atoms with Crippen LogP contribution < -0.4 is 10.2 Å². The van der Waals surface area contributed by atoms with Gasteiger partial charge < -0.3 is 10.2 Å². The van der Waals surface area contributed by atoms with E-state index in [9.17, 15) is 0 Å². The van der Waals surface area contributed by atoms with Gasteiger partial charge in [0.1, 0.15) is 5.82 Å². The van der Waals surface area contributed by atoms with Gasteiger partial charge in [-0.05, 0) is 29.0 Å². The number of rotatable bonds is 4. The fourth-order valence-corrected chi connectivity index (χ4v) is 2.03. The van der Waals surface area contributed by atoms with Crippen LogP contribution in [-0.2, 0) is 6.42 Å². The van der Waals surface area contributed by atoms with Crippen molar-refractivity contribution in [2.45, 2.75) is 19.8 Å². The lowest BCUT2D eigenvalue weighted by molar-refractivity contribution is 0.853. The molecule has 0 radical (unpaired) electrons. The zero-order valence-electron chi connectivity index (χ0n) is 9.63. The highest BCUT2D eigenvalue weighted by atomic mass is 127. The van der Waals surface area contributed by atoms with Crippen LogP contribution in [0.2, 0.25) is 0 Å². The van der Waals surface area contributed by atoms with Gasteiger partial charge >= 0.3 is 0 Å². The molecule has 15 heavy (non-hydrogen) atoms. The minimum absolute atomic E-state index is 0.767. The van der Waals surface area contributed by atoms with Crippen LogP contribution >= 0.6 is 22.6 Å². The maximum absolute atomic E-state index is 4.54. The molecule has 0 unspecified atom stereocenters. The molecule has 1 aromatic rings. The number of hydrogen-bond donors (Lipinski definition) is 1. The highest BCUT2D eigenvalue weighted by Crippen LogP contribution is 2.22. The molecule has 0 aliphatic heterocycles. The van der Waals surface area contributed by atoms with E-state index in [2.05, 4.69) is 44.8 Å². The monoisotopic (exact) mass is 320 g/mol. The maximum atomic E-state index is 4.54. The smallest absolute Gasteiger partial charge is 0.227 e. The number of aryl methyl sites for hydroxylation is 1. The topological polar surface area (TPSA) is 41.1 Å². The lowest BCUT2D eigenvalue weighted by Crippen LogP contribution is -2.16. The van der Waals surface area contributed by atoms with Crippen molar-refractivity contribution < 1.29 is 0 Å². The summed E-state index contributed by atoms with van der Waals surface area (Å²) in [7, 11) is 5.80. The van der Waals surface area contributed by atoms with Crippen LogP contribution in [-0.4, -0.2) is 31.1 Å². The molecular weight excluding hydrogens is 303 g/mol. The van der Waals surface area contributed by atoms with Crippen LogP contribution in [0.1, 0.15) is 19.0 Å². The third-order valence-electron chi connectivity index (χ3n) is 2.03. The van der Waals surface area contributed by atoms with E-state index < -0.39 is 0 Å². The summed E-state index contributed by atoms with van der Waals surface area (Å²) in [5, 5.41) is 3.10. The van der Waals surface area contributed by atoms with Crippen molar-refractivity contribution >= 4 is 34.4 Å². The van der Waals surface area contributed by atoms with E-state index in [0.29, 0.717) is 0 Å². The van der Waals surface area contributed by atoms with Crippen molar-refractivity contribution in [2.24, 2.45) is 0 Å². The molecular formula is C10H17IN4. The molecule has 0 aliphatic rings. The Morgan fingerprint density at radius 1 is 1.33 bits per heavy atom. The van der Waals surface area contributed by atoms with Gasteiger partial charge in [0.15, 0.2) is 0 Å². The highest BCUT2D eigenvalue weighted by Gasteiger charge is 2.11. The largest absolute Gasteiger partial charge is 0.372 e. The van der Waals surface area contributed by atoms with Crippen LogP contribution in [0, 0.1) is 3.57 Å². The Kier molecular flexibility index (Phi) is 4.56. The number of nitrogens with one attached hydrogen (secondary N) is 1. The molecule has 1 heterocycles. The second-order valence-corrected chi connectivity index (χ2v) is 4.61. The molecule has 0 bridgehead atoms. The first kappa shape index (κ1) is 12.5. The SMILES string of the molecule is CCCc1nc(N(C)C)nc(NC)c1I. The van der Waals surface area contributed by atoms with Gasteiger partial charge in [0.2, 0.25) is 5.95 Å². The number of anilines is 2. The van der Waals surface area contributed by atoms with E-state index in [1.54, 1.807) is 0 Å². The predicted octanol–water partition coefficient (Wildman–Crippen LogP) is 2.14. The molecule has 1 aromatic heterocycles. The molecule has 0 aliphatic carbocycles. The zero-order valence-corrected chi connectivity index (χ0v) is 11.8. The molecule has 5 heteroatoms. The van der Waals surface area contributed by atoms with Crippen molar-refractivity contribution in [3.05, 3.63) is 9.26 Å². The number of aromatic nitrogens is 2. The summed E-state index contributed by atoms with van der Waals surface area (Å²) in [5.74, 6) is 1.68. The van der Waals surface area contributed by atoms with E-state index in [4.69, 9.17) is 0 Å². The summed E-state index contributed by atoms with van der Waals surface area (Å²) in [4.78, 5) is 10.9. The highest BCUT2D eigenvalue weighted by molar-refractivity contribution is 14.1. The summed E-state index contributed by atoms with van der Waals surface area (Å²) in [5.41, 5.74) is 1.13.